The lowest BCUT2D eigenvalue weighted by molar-refractivity contribution is 0.331. The molecule has 0 atom stereocenters. The molecule has 2 aromatic rings. The number of hydrogen-bond acceptors (Lipinski definition) is 2. The summed E-state index contributed by atoms with van der Waals surface area (Å²) in [5.41, 5.74) is 9.71. The van der Waals surface area contributed by atoms with Crippen LogP contribution in [0.3, 0.4) is 0 Å². The standard InChI is InChI=1S/C27H34N2/c1-3-22-9-14-25-7-6-8-26(27(25)19-22)15-16-28-21(2)24-12-10-23(11-13-24)20-29-17-4-5-18-29/h8-14,19H,3-7,15-18,20H2,1-2H3. The van der Waals surface area contributed by atoms with Crippen molar-refractivity contribution < 1.29 is 0 Å². The molecule has 1 aliphatic carbocycles. The van der Waals surface area contributed by atoms with Gasteiger partial charge in [0.2, 0.25) is 0 Å². The van der Waals surface area contributed by atoms with Crippen molar-refractivity contribution in [2.75, 3.05) is 19.6 Å². The van der Waals surface area contributed by atoms with Crippen LogP contribution < -0.4 is 0 Å². The summed E-state index contributed by atoms with van der Waals surface area (Å²) < 4.78 is 0. The fourth-order valence-corrected chi connectivity index (χ4v) is 4.59. The highest BCUT2D eigenvalue weighted by Crippen LogP contribution is 2.30. The summed E-state index contributed by atoms with van der Waals surface area (Å²) in [6.45, 7) is 8.83. The van der Waals surface area contributed by atoms with E-state index >= 15 is 0 Å². The van der Waals surface area contributed by atoms with E-state index in [1.165, 1.54) is 65.7 Å². The molecule has 0 N–H and O–H groups in total. The van der Waals surface area contributed by atoms with Crippen LogP contribution in [0.4, 0.5) is 0 Å². The maximum Gasteiger partial charge on any atom is 0.0433 e. The van der Waals surface area contributed by atoms with Crippen molar-refractivity contribution in [2.45, 2.75) is 58.9 Å². The monoisotopic (exact) mass is 386 g/mol. The normalized spacial score (nSPS) is 17.3. The predicted octanol–water partition coefficient (Wildman–Crippen LogP) is 6.07. The minimum atomic E-state index is 0.864. The van der Waals surface area contributed by atoms with Crippen molar-refractivity contribution >= 4 is 11.3 Å². The average molecular weight is 387 g/mol. The van der Waals surface area contributed by atoms with E-state index in [9.17, 15) is 0 Å². The number of aryl methyl sites for hydroxylation is 2. The molecule has 4 rings (SSSR count). The summed E-state index contributed by atoms with van der Waals surface area (Å²) in [5, 5.41) is 0. The van der Waals surface area contributed by atoms with Gasteiger partial charge >= 0.3 is 0 Å². The number of rotatable bonds is 7. The molecule has 2 aliphatic rings. The molecule has 0 spiro atoms. The zero-order valence-electron chi connectivity index (χ0n) is 18.1. The van der Waals surface area contributed by atoms with Gasteiger partial charge in [-0.1, -0.05) is 55.5 Å². The molecule has 2 nitrogen and oxygen atoms in total. The maximum absolute atomic E-state index is 4.90. The van der Waals surface area contributed by atoms with E-state index < -0.39 is 0 Å². The Morgan fingerprint density at radius 1 is 1.00 bits per heavy atom. The van der Waals surface area contributed by atoms with Crippen LogP contribution in [0.15, 0.2) is 53.5 Å². The van der Waals surface area contributed by atoms with Gasteiger partial charge in [0.05, 0.1) is 0 Å². The Morgan fingerprint density at radius 3 is 2.52 bits per heavy atom. The molecule has 1 heterocycles. The van der Waals surface area contributed by atoms with Gasteiger partial charge in [0.25, 0.3) is 0 Å². The smallest absolute Gasteiger partial charge is 0.0433 e. The molecule has 29 heavy (non-hydrogen) atoms. The minimum absolute atomic E-state index is 0.864. The summed E-state index contributed by atoms with van der Waals surface area (Å²) in [6, 6.07) is 16.1. The van der Waals surface area contributed by atoms with Gasteiger partial charge in [0, 0.05) is 18.8 Å². The molecule has 0 bridgehead atoms. The topological polar surface area (TPSA) is 15.6 Å². The molecular weight excluding hydrogens is 352 g/mol. The first-order valence-electron chi connectivity index (χ1n) is 11.4. The van der Waals surface area contributed by atoms with Crippen LogP contribution in [0.5, 0.6) is 0 Å². The quantitative estimate of drug-likeness (QED) is 0.527. The first-order chi connectivity index (χ1) is 14.2. The third-order valence-corrected chi connectivity index (χ3v) is 6.44. The summed E-state index contributed by atoms with van der Waals surface area (Å²) in [7, 11) is 0. The van der Waals surface area contributed by atoms with E-state index in [0.29, 0.717) is 0 Å². The van der Waals surface area contributed by atoms with E-state index in [1.807, 2.05) is 0 Å². The van der Waals surface area contributed by atoms with Gasteiger partial charge in [-0.2, -0.15) is 0 Å². The molecule has 1 fully saturated rings. The molecule has 2 aromatic carbocycles. The van der Waals surface area contributed by atoms with E-state index in [-0.39, 0.29) is 0 Å². The average Bonchev–Trinajstić information content (AvgIpc) is 3.27. The van der Waals surface area contributed by atoms with Crippen LogP contribution in [-0.2, 0) is 19.4 Å². The third kappa shape index (κ3) is 5.05. The van der Waals surface area contributed by atoms with Crippen LogP contribution in [0.2, 0.25) is 0 Å². The van der Waals surface area contributed by atoms with Crippen molar-refractivity contribution in [3.05, 3.63) is 76.4 Å². The van der Waals surface area contributed by atoms with Gasteiger partial charge < -0.3 is 0 Å². The molecule has 1 aliphatic heterocycles. The molecule has 1 saturated heterocycles. The number of aliphatic imine (C=N–C) groups is 1. The van der Waals surface area contributed by atoms with Gasteiger partial charge in [0.1, 0.15) is 0 Å². The SMILES string of the molecule is CCc1ccc2c(c1)C(CCN=C(C)c1ccc(CN3CCCC3)cc1)=CCC2. The summed E-state index contributed by atoms with van der Waals surface area (Å²) >= 11 is 0. The number of likely N-dealkylation sites (tertiary alicyclic amines) is 1. The number of fused-ring (bicyclic) bond motifs is 1. The largest absolute Gasteiger partial charge is 0.299 e. The van der Waals surface area contributed by atoms with Gasteiger partial charge in [0.15, 0.2) is 0 Å². The summed E-state index contributed by atoms with van der Waals surface area (Å²) in [4.78, 5) is 7.45. The number of hydrogen-bond donors (Lipinski definition) is 0. The molecule has 0 aromatic heterocycles. The van der Waals surface area contributed by atoms with Crippen LogP contribution >= 0.6 is 0 Å². The highest BCUT2D eigenvalue weighted by atomic mass is 15.1. The Labute approximate surface area is 176 Å². The summed E-state index contributed by atoms with van der Waals surface area (Å²) in [5.74, 6) is 0. The van der Waals surface area contributed by atoms with E-state index in [2.05, 4.69) is 67.3 Å². The minimum Gasteiger partial charge on any atom is -0.299 e. The number of nitrogens with zero attached hydrogens (tertiary/aromatic N) is 2. The highest BCUT2D eigenvalue weighted by molar-refractivity contribution is 5.98. The third-order valence-electron chi connectivity index (χ3n) is 6.44. The molecule has 0 unspecified atom stereocenters. The van der Waals surface area contributed by atoms with Crippen LogP contribution in [-0.4, -0.2) is 30.2 Å². The zero-order valence-corrected chi connectivity index (χ0v) is 18.1. The van der Waals surface area contributed by atoms with Crippen LogP contribution in [0, 0.1) is 0 Å². The first kappa shape index (κ1) is 20.1. The van der Waals surface area contributed by atoms with Crippen molar-refractivity contribution in [3.8, 4) is 0 Å². The fourth-order valence-electron chi connectivity index (χ4n) is 4.59. The van der Waals surface area contributed by atoms with Gasteiger partial charge in [-0.15, -0.1) is 0 Å². The molecule has 2 heteroatoms. The Morgan fingerprint density at radius 2 is 1.76 bits per heavy atom. The van der Waals surface area contributed by atoms with Crippen LogP contribution in [0.25, 0.3) is 5.57 Å². The summed E-state index contributed by atoms with van der Waals surface area (Å²) in [6.07, 6.45) is 9.61. The Kier molecular flexibility index (Phi) is 6.61. The van der Waals surface area contributed by atoms with Gasteiger partial charge in [-0.3, -0.25) is 9.89 Å². The lowest BCUT2D eigenvalue weighted by atomic mass is 9.87. The van der Waals surface area contributed by atoms with Gasteiger partial charge in [-0.05, 0) is 91.9 Å². The second kappa shape index (κ2) is 9.54. The van der Waals surface area contributed by atoms with Crippen molar-refractivity contribution in [1.29, 1.82) is 0 Å². The van der Waals surface area contributed by atoms with E-state index in [1.54, 1.807) is 0 Å². The van der Waals surface area contributed by atoms with Crippen molar-refractivity contribution in [2.24, 2.45) is 4.99 Å². The zero-order chi connectivity index (χ0) is 20.1. The van der Waals surface area contributed by atoms with Crippen molar-refractivity contribution in [3.63, 3.8) is 0 Å². The second-order valence-corrected chi connectivity index (χ2v) is 8.51. The number of allylic oxidation sites excluding steroid dienone is 1. The second-order valence-electron chi connectivity index (χ2n) is 8.51. The van der Waals surface area contributed by atoms with Crippen molar-refractivity contribution in [1.82, 2.24) is 4.90 Å². The predicted molar refractivity (Wildman–Crippen MR) is 125 cm³/mol. The molecule has 0 radical (unpaired) electrons. The lowest BCUT2D eigenvalue weighted by Crippen LogP contribution is -2.18. The number of benzene rings is 2. The fraction of sp³-hybridized carbons (Fsp3) is 0.444. The lowest BCUT2D eigenvalue weighted by Gasteiger charge is -2.18. The van der Waals surface area contributed by atoms with E-state index in [0.717, 1.165) is 38.1 Å². The van der Waals surface area contributed by atoms with Gasteiger partial charge in [-0.25, -0.2) is 0 Å². The highest BCUT2D eigenvalue weighted by Gasteiger charge is 2.13. The molecular formula is C27H34N2. The molecule has 152 valence electrons. The van der Waals surface area contributed by atoms with E-state index in [4.69, 9.17) is 4.99 Å². The maximum atomic E-state index is 4.90. The molecule has 0 saturated carbocycles. The van der Waals surface area contributed by atoms with Crippen LogP contribution in [0.1, 0.15) is 67.3 Å². The Bertz CT molecular complexity index is 883. The molecule has 0 amide bonds. The Hall–Kier alpha value is -2.19. The Balaban J connectivity index is 1.36. The first-order valence-corrected chi connectivity index (χ1v) is 11.4.